The maximum Gasteiger partial charge on any atom is 0.310 e. The number of H-pyrrole nitrogens is 1. The van der Waals surface area contributed by atoms with E-state index in [9.17, 15) is 4.79 Å². The van der Waals surface area contributed by atoms with Crippen LogP contribution in [0.1, 0.15) is 37.3 Å². The van der Waals surface area contributed by atoms with Gasteiger partial charge in [0.1, 0.15) is 5.82 Å². The van der Waals surface area contributed by atoms with Gasteiger partial charge in [0.05, 0.1) is 13.0 Å². The molecule has 1 saturated carbocycles. The maximum atomic E-state index is 11.8. The maximum absolute atomic E-state index is 11.8. The molecule has 8 nitrogen and oxygen atoms in total. The van der Waals surface area contributed by atoms with Gasteiger partial charge in [-0.25, -0.2) is 4.98 Å². The summed E-state index contributed by atoms with van der Waals surface area (Å²) in [6.07, 6.45) is 5.95. The van der Waals surface area contributed by atoms with Crippen LogP contribution in [0, 0.1) is 5.92 Å². The second kappa shape index (κ2) is 6.70. The molecule has 3 heterocycles. The zero-order chi connectivity index (χ0) is 17.2. The molecule has 0 spiro atoms. The second-order valence-electron chi connectivity index (χ2n) is 6.66. The summed E-state index contributed by atoms with van der Waals surface area (Å²) in [6.45, 7) is 1.43. The van der Waals surface area contributed by atoms with Crippen molar-refractivity contribution in [3.8, 4) is 0 Å². The third kappa shape index (κ3) is 3.57. The lowest BCUT2D eigenvalue weighted by Crippen LogP contribution is -2.40. The zero-order valence-corrected chi connectivity index (χ0v) is 14.2. The summed E-state index contributed by atoms with van der Waals surface area (Å²) >= 11 is 0. The minimum Gasteiger partial charge on any atom is -0.469 e. The Bertz CT molecular complexity index is 757. The minimum absolute atomic E-state index is 0.119. The predicted octanol–water partition coefficient (Wildman–Crippen LogP) is 2.21. The molecular formula is C17H22N6O2. The van der Waals surface area contributed by atoms with Gasteiger partial charge in [-0.15, -0.1) is 0 Å². The van der Waals surface area contributed by atoms with Gasteiger partial charge >= 0.3 is 5.97 Å². The Balaban J connectivity index is 1.45. The van der Waals surface area contributed by atoms with Crippen LogP contribution in [0.15, 0.2) is 18.3 Å². The van der Waals surface area contributed by atoms with E-state index in [0.29, 0.717) is 24.2 Å². The van der Waals surface area contributed by atoms with E-state index in [-0.39, 0.29) is 11.9 Å². The zero-order valence-electron chi connectivity index (χ0n) is 14.2. The standard InChI is InChI=1S/C17H22N6O2/c1-25-16(24)12-3-2-8-23(10-12)17-18-7-6-14(20-17)19-15-9-13(21-22-15)11-4-5-11/h6-7,9,11-12H,2-5,8,10H2,1H3,(H2,18,19,20,21,22). The number of hydrogen-bond acceptors (Lipinski definition) is 7. The Morgan fingerprint density at radius 1 is 1.36 bits per heavy atom. The third-order valence-electron chi connectivity index (χ3n) is 4.75. The highest BCUT2D eigenvalue weighted by Gasteiger charge is 2.28. The summed E-state index contributed by atoms with van der Waals surface area (Å²) < 4.78 is 4.87. The molecule has 2 aromatic heterocycles. The molecular weight excluding hydrogens is 320 g/mol. The quantitative estimate of drug-likeness (QED) is 0.804. The van der Waals surface area contributed by atoms with Gasteiger partial charge < -0.3 is 15.0 Å². The number of methoxy groups -OCH3 is 1. The number of ether oxygens (including phenoxy) is 1. The molecule has 0 radical (unpaired) electrons. The summed E-state index contributed by atoms with van der Waals surface area (Å²) in [7, 11) is 1.43. The molecule has 1 aliphatic heterocycles. The van der Waals surface area contributed by atoms with E-state index in [2.05, 4.69) is 25.5 Å². The molecule has 8 heteroatoms. The Morgan fingerprint density at radius 3 is 3.04 bits per heavy atom. The Labute approximate surface area is 146 Å². The first kappa shape index (κ1) is 15.9. The number of esters is 1. The van der Waals surface area contributed by atoms with Crippen molar-refractivity contribution in [3.05, 3.63) is 24.0 Å². The smallest absolute Gasteiger partial charge is 0.310 e. The van der Waals surface area contributed by atoms with Gasteiger partial charge in [0.15, 0.2) is 5.82 Å². The van der Waals surface area contributed by atoms with Crippen molar-refractivity contribution < 1.29 is 9.53 Å². The number of nitrogens with zero attached hydrogens (tertiary/aromatic N) is 4. The lowest BCUT2D eigenvalue weighted by molar-refractivity contribution is -0.145. The Kier molecular flexibility index (Phi) is 4.25. The van der Waals surface area contributed by atoms with Gasteiger partial charge in [-0.1, -0.05) is 0 Å². The summed E-state index contributed by atoms with van der Waals surface area (Å²) in [5, 5.41) is 10.6. The molecule has 132 valence electrons. The van der Waals surface area contributed by atoms with Crippen LogP contribution in [0.4, 0.5) is 17.6 Å². The summed E-state index contributed by atoms with van der Waals surface area (Å²) in [5.41, 5.74) is 1.17. The molecule has 1 unspecified atom stereocenters. The average Bonchev–Trinajstić information content (AvgIpc) is 3.41. The predicted molar refractivity (Wildman–Crippen MR) is 92.8 cm³/mol. The van der Waals surface area contributed by atoms with E-state index >= 15 is 0 Å². The third-order valence-corrected chi connectivity index (χ3v) is 4.75. The first-order valence-corrected chi connectivity index (χ1v) is 8.71. The van der Waals surface area contributed by atoms with Crippen LogP contribution in [-0.4, -0.2) is 46.3 Å². The minimum atomic E-state index is -0.164. The monoisotopic (exact) mass is 342 g/mol. The van der Waals surface area contributed by atoms with Crippen molar-refractivity contribution in [2.45, 2.75) is 31.6 Å². The molecule has 2 aliphatic rings. The molecule has 0 amide bonds. The van der Waals surface area contributed by atoms with Crippen LogP contribution in [0.2, 0.25) is 0 Å². The van der Waals surface area contributed by atoms with Crippen LogP contribution >= 0.6 is 0 Å². The topological polar surface area (TPSA) is 96.0 Å². The SMILES string of the molecule is COC(=O)C1CCCN(c2nccc(Nc3cc(C4CC4)[nH]n3)n2)C1. The summed E-state index contributed by atoms with van der Waals surface area (Å²) in [4.78, 5) is 22.8. The number of aromatic nitrogens is 4. The van der Waals surface area contributed by atoms with E-state index in [4.69, 9.17) is 4.74 Å². The molecule has 1 saturated heterocycles. The summed E-state index contributed by atoms with van der Waals surface area (Å²) in [5.74, 6) is 2.43. The number of aromatic amines is 1. The van der Waals surface area contributed by atoms with Gasteiger partial charge in [0.25, 0.3) is 0 Å². The van der Waals surface area contributed by atoms with Crippen LogP contribution in [0.5, 0.6) is 0 Å². The fourth-order valence-corrected chi connectivity index (χ4v) is 3.22. The van der Waals surface area contributed by atoms with Gasteiger partial charge in [-0.3, -0.25) is 9.89 Å². The molecule has 1 atom stereocenters. The molecule has 2 N–H and O–H groups in total. The van der Waals surface area contributed by atoms with Crippen molar-refractivity contribution in [2.24, 2.45) is 5.92 Å². The van der Waals surface area contributed by atoms with Crippen molar-refractivity contribution in [3.63, 3.8) is 0 Å². The van der Waals surface area contributed by atoms with E-state index < -0.39 is 0 Å². The second-order valence-corrected chi connectivity index (χ2v) is 6.66. The number of piperidine rings is 1. The summed E-state index contributed by atoms with van der Waals surface area (Å²) in [6, 6.07) is 3.85. The molecule has 4 rings (SSSR count). The number of carbonyl (C=O) groups is 1. The molecule has 0 aromatic carbocycles. The molecule has 0 bridgehead atoms. The average molecular weight is 342 g/mol. The number of rotatable bonds is 5. The van der Waals surface area contributed by atoms with Crippen molar-refractivity contribution in [1.29, 1.82) is 0 Å². The van der Waals surface area contributed by atoms with E-state index in [1.807, 2.05) is 17.0 Å². The Morgan fingerprint density at radius 2 is 2.24 bits per heavy atom. The number of nitrogens with one attached hydrogen (secondary N) is 2. The van der Waals surface area contributed by atoms with Crippen LogP contribution < -0.4 is 10.2 Å². The van der Waals surface area contributed by atoms with Crippen LogP contribution in [0.3, 0.4) is 0 Å². The normalized spacial score (nSPS) is 20.4. The highest BCUT2D eigenvalue weighted by molar-refractivity contribution is 5.73. The van der Waals surface area contributed by atoms with Gasteiger partial charge in [-0.05, 0) is 31.7 Å². The van der Waals surface area contributed by atoms with Crippen molar-refractivity contribution in [2.75, 3.05) is 30.4 Å². The molecule has 2 fully saturated rings. The van der Waals surface area contributed by atoms with E-state index in [1.54, 1.807) is 6.20 Å². The fraction of sp³-hybridized carbons (Fsp3) is 0.529. The van der Waals surface area contributed by atoms with Gasteiger partial charge in [0.2, 0.25) is 5.95 Å². The molecule has 2 aromatic rings. The van der Waals surface area contributed by atoms with Gasteiger partial charge in [0, 0.05) is 37.0 Å². The number of carbonyl (C=O) groups excluding carboxylic acids is 1. The first-order valence-electron chi connectivity index (χ1n) is 8.71. The highest BCUT2D eigenvalue weighted by atomic mass is 16.5. The van der Waals surface area contributed by atoms with Gasteiger partial charge in [-0.2, -0.15) is 10.1 Å². The van der Waals surface area contributed by atoms with Crippen molar-refractivity contribution in [1.82, 2.24) is 20.2 Å². The molecule has 1 aliphatic carbocycles. The van der Waals surface area contributed by atoms with Crippen molar-refractivity contribution >= 4 is 23.6 Å². The van der Waals surface area contributed by atoms with Crippen LogP contribution in [0.25, 0.3) is 0 Å². The highest BCUT2D eigenvalue weighted by Crippen LogP contribution is 2.39. The first-order chi connectivity index (χ1) is 12.2. The fourth-order valence-electron chi connectivity index (χ4n) is 3.22. The number of hydrogen-bond donors (Lipinski definition) is 2. The number of anilines is 3. The largest absolute Gasteiger partial charge is 0.469 e. The molecule has 25 heavy (non-hydrogen) atoms. The van der Waals surface area contributed by atoms with E-state index in [1.165, 1.54) is 25.6 Å². The van der Waals surface area contributed by atoms with Crippen LogP contribution in [-0.2, 0) is 9.53 Å². The lowest BCUT2D eigenvalue weighted by Gasteiger charge is -2.31. The Hall–Kier alpha value is -2.64. The lowest BCUT2D eigenvalue weighted by atomic mass is 9.98. The van der Waals surface area contributed by atoms with E-state index in [0.717, 1.165) is 25.2 Å².